The highest BCUT2D eigenvalue weighted by Crippen LogP contribution is 2.16. The summed E-state index contributed by atoms with van der Waals surface area (Å²) in [7, 11) is 0. The molecule has 0 aliphatic carbocycles. The lowest BCUT2D eigenvalue weighted by Crippen LogP contribution is -2.00. The molecule has 0 spiro atoms. The highest BCUT2D eigenvalue weighted by molar-refractivity contribution is 5.52. The summed E-state index contributed by atoms with van der Waals surface area (Å²) in [4.78, 5) is 0. The van der Waals surface area contributed by atoms with E-state index in [0.717, 1.165) is 29.0 Å². The van der Waals surface area contributed by atoms with E-state index < -0.39 is 0 Å². The van der Waals surface area contributed by atoms with Gasteiger partial charge in [-0.25, -0.2) is 0 Å². The van der Waals surface area contributed by atoms with E-state index in [0.29, 0.717) is 5.56 Å². The minimum Gasteiger partial charge on any atom is -0.399 e. The SMILES string of the molecule is Cc1cc(NCc2cccc(N)c2)ccc1C#N. The normalized spacial score (nSPS) is 9.78. The van der Waals surface area contributed by atoms with Gasteiger partial charge < -0.3 is 11.1 Å². The van der Waals surface area contributed by atoms with Gasteiger partial charge in [0.2, 0.25) is 0 Å². The van der Waals surface area contributed by atoms with Crippen molar-refractivity contribution in [1.82, 2.24) is 0 Å². The molecule has 90 valence electrons. The molecule has 0 heterocycles. The third kappa shape index (κ3) is 2.80. The first-order chi connectivity index (χ1) is 8.69. The second-order valence-electron chi connectivity index (χ2n) is 4.24. The Balaban J connectivity index is 2.07. The molecule has 0 unspecified atom stereocenters. The lowest BCUT2D eigenvalue weighted by Gasteiger charge is -2.08. The zero-order valence-electron chi connectivity index (χ0n) is 10.3. The maximum absolute atomic E-state index is 8.86. The molecule has 3 N–H and O–H groups in total. The molecule has 0 bridgehead atoms. The van der Waals surface area contributed by atoms with Gasteiger partial charge in [0.05, 0.1) is 11.6 Å². The quantitative estimate of drug-likeness (QED) is 0.806. The van der Waals surface area contributed by atoms with Gasteiger partial charge in [-0.3, -0.25) is 0 Å². The number of aryl methyl sites for hydroxylation is 1. The molecule has 0 saturated carbocycles. The Kier molecular flexibility index (Phi) is 3.49. The number of nitrogens with zero attached hydrogens (tertiary/aromatic N) is 1. The summed E-state index contributed by atoms with van der Waals surface area (Å²) in [5.74, 6) is 0. The molecule has 0 aromatic heterocycles. The number of anilines is 2. The minimum absolute atomic E-state index is 0.713. The molecule has 0 saturated heterocycles. The highest BCUT2D eigenvalue weighted by Gasteiger charge is 1.99. The van der Waals surface area contributed by atoms with Crippen LogP contribution in [-0.2, 0) is 6.54 Å². The van der Waals surface area contributed by atoms with Crippen molar-refractivity contribution in [2.24, 2.45) is 0 Å². The summed E-state index contributed by atoms with van der Waals surface area (Å²) < 4.78 is 0. The molecule has 2 aromatic carbocycles. The average Bonchev–Trinajstić information content (AvgIpc) is 2.37. The number of nitrogen functional groups attached to an aromatic ring is 1. The molecule has 0 atom stereocenters. The number of nitrogens with one attached hydrogen (secondary N) is 1. The lowest BCUT2D eigenvalue weighted by molar-refractivity contribution is 1.15. The number of nitrogens with two attached hydrogens (primary N) is 1. The van der Waals surface area contributed by atoms with E-state index in [9.17, 15) is 0 Å². The number of hydrogen-bond acceptors (Lipinski definition) is 3. The molecule has 3 heteroatoms. The molecule has 0 radical (unpaired) electrons. The Morgan fingerprint density at radius 2 is 2.06 bits per heavy atom. The molecule has 0 amide bonds. The van der Waals surface area contributed by atoms with Gasteiger partial charge >= 0.3 is 0 Å². The first-order valence-electron chi connectivity index (χ1n) is 5.78. The fraction of sp³-hybridized carbons (Fsp3) is 0.133. The van der Waals surface area contributed by atoms with E-state index in [-0.39, 0.29) is 0 Å². The third-order valence-electron chi connectivity index (χ3n) is 2.79. The smallest absolute Gasteiger partial charge is 0.0994 e. The molecule has 18 heavy (non-hydrogen) atoms. The summed E-state index contributed by atoms with van der Waals surface area (Å²) in [5, 5.41) is 12.2. The number of nitriles is 1. The van der Waals surface area contributed by atoms with Gasteiger partial charge in [0.15, 0.2) is 0 Å². The van der Waals surface area contributed by atoms with Crippen LogP contribution >= 0.6 is 0 Å². The van der Waals surface area contributed by atoms with Crippen LogP contribution in [0.25, 0.3) is 0 Å². The van der Waals surface area contributed by atoms with Gasteiger partial charge in [-0.2, -0.15) is 5.26 Å². The van der Waals surface area contributed by atoms with Crippen LogP contribution in [0.1, 0.15) is 16.7 Å². The van der Waals surface area contributed by atoms with Crippen molar-refractivity contribution in [1.29, 1.82) is 5.26 Å². The highest BCUT2D eigenvalue weighted by atomic mass is 14.9. The van der Waals surface area contributed by atoms with Crippen molar-refractivity contribution in [2.75, 3.05) is 11.1 Å². The van der Waals surface area contributed by atoms with E-state index in [4.69, 9.17) is 11.0 Å². The Hall–Kier alpha value is -2.47. The third-order valence-corrected chi connectivity index (χ3v) is 2.79. The van der Waals surface area contributed by atoms with Crippen molar-refractivity contribution in [2.45, 2.75) is 13.5 Å². The van der Waals surface area contributed by atoms with Crippen molar-refractivity contribution in [3.05, 3.63) is 59.2 Å². The zero-order valence-corrected chi connectivity index (χ0v) is 10.3. The van der Waals surface area contributed by atoms with Gasteiger partial charge in [-0.1, -0.05) is 12.1 Å². The molecule has 0 fully saturated rings. The second kappa shape index (κ2) is 5.24. The average molecular weight is 237 g/mol. The predicted octanol–water partition coefficient (Wildman–Crippen LogP) is 3.06. The maximum atomic E-state index is 8.86. The van der Waals surface area contributed by atoms with Crippen LogP contribution in [-0.4, -0.2) is 0 Å². The van der Waals surface area contributed by atoms with Gasteiger partial charge in [0.1, 0.15) is 0 Å². The Bertz CT molecular complexity index is 597. The topological polar surface area (TPSA) is 61.8 Å². The van der Waals surface area contributed by atoms with Gasteiger partial charge in [0.25, 0.3) is 0 Å². The summed E-state index contributed by atoms with van der Waals surface area (Å²) in [6.07, 6.45) is 0. The van der Waals surface area contributed by atoms with E-state index in [2.05, 4.69) is 11.4 Å². The van der Waals surface area contributed by atoms with Crippen LogP contribution in [0.15, 0.2) is 42.5 Å². The van der Waals surface area contributed by atoms with Crippen LogP contribution in [0.4, 0.5) is 11.4 Å². The molecular formula is C15H15N3. The van der Waals surface area contributed by atoms with E-state index in [1.54, 1.807) is 0 Å². The van der Waals surface area contributed by atoms with E-state index >= 15 is 0 Å². The second-order valence-corrected chi connectivity index (χ2v) is 4.24. The Labute approximate surface area is 107 Å². The van der Waals surface area contributed by atoms with Crippen LogP contribution in [0.5, 0.6) is 0 Å². The van der Waals surface area contributed by atoms with E-state index in [1.165, 1.54) is 0 Å². The largest absolute Gasteiger partial charge is 0.399 e. The summed E-state index contributed by atoms with van der Waals surface area (Å²) >= 11 is 0. The molecule has 0 aliphatic heterocycles. The molecule has 2 rings (SSSR count). The van der Waals surface area contributed by atoms with Crippen LogP contribution in [0.3, 0.4) is 0 Å². The van der Waals surface area contributed by atoms with Crippen molar-refractivity contribution in [3.8, 4) is 6.07 Å². The van der Waals surface area contributed by atoms with Crippen molar-refractivity contribution >= 4 is 11.4 Å². The monoisotopic (exact) mass is 237 g/mol. The number of rotatable bonds is 3. The predicted molar refractivity (Wildman–Crippen MR) is 74.1 cm³/mol. The molecule has 3 nitrogen and oxygen atoms in total. The Morgan fingerprint density at radius 3 is 2.72 bits per heavy atom. The number of hydrogen-bond donors (Lipinski definition) is 2. The van der Waals surface area contributed by atoms with Crippen LogP contribution < -0.4 is 11.1 Å². The van der Waals surface area contributed by atoms with Crippen molar-refractivity contribution in [3.63, 3.8) is 0 Å². The first-order valence-corrected chi connectivity index (χ1v) is 5.78. The van der Waals surface area contributed by atoms with Gasteiger partial charge in [-0.05, 0) is 48.4 Å². The van der Waals surface area contributed by atoms with Crippen LogP contribution in [0, 0.1) is 18.3 Å². The zero-order chi connectivity index (χ0) is 13.0. The molecule has 0 aliphatic rings. The summed E-state index contributed by atoms with van der Waals surface area (Å²) in [5.41, 5.74) is 10.3. The summed E-state index contributed by atoms with van der Waals surface area (Å²) in [6, 6.07) is 15.7. The first kappa shape index (κ1) is 12.0. The Morgan fingerprint density at radius 1 is 1.22 bits per heavy atom. The maximum Gasteiger partial charge on any atom is 0.0994 e. The van der Waals surface area contributed by atoms with Gasteiger partial charge in [0, 0.05) is 17.9 Å². The van der Waals surface area contributed by atoms with E-state index in [1.807, 2.05) is 49.4 Å². The lowest BCUT2D eigenvalue weighted by atomic mass is 10.1. The van der Waals surface area contributed by atoms with Gasteiger partial charge in [-0.15, -0.1) is 0 Å². The minimum atomic E-state index is 0.713. The summed E-state index contributed by atoms with van der Waals surface area (Å²) in [6.45, 7) is 2.65. The van der Waals surface area contributed by atoms with Crippen molar-refractivity contribution < 1.29 is 0 Å². The van der Waals surface area contributed by atoms with Crippen LogP contribution in [0.2, 0.25) is 0 Å². The fourth-order valence-corrected chi connectivity index (χ4v) is 1.81. The molecule has 2 aromatic rings. The number of benzene rings is 2. The molecular weight excluding hydrogens is 222 g/mol. The fourth-order valence-electron chi connectivity index (χ4n) is 1.81. The standard InChI is InChI=1S/C15H15N3/c1-11-7-15(6-5-13(11)9-16)18-10-12-3-2-4-14(17)8-12/h2-8,18H,10,17H2,1H3.